The van der Waals surface area contributed by atoms with Crippen molar-refractivity contribution in [2.24, 2.45) is 7.05 Å². The van der Waals surface area contributed by atoms with Crippen LogP contribution in [0, 0.1) is 6.92 Å². The molecule has 4 aromatic heterocycles. The molecule has 0 bridgehead atoms. The molecule has 0 fully saturated rings. The number of nitrogens with zero attached hydrogens (tertiary/aromatic N) is 8. The van der Waals surface area contributed by atoms with Gasteiger partial charge in [-0.05, 0) is 18.6 Å². The summed E-state index contributed by atoms with van der Waals surface area (Å²) in [6.07, 6.45) is 5.04. The molecule has 0 unspecified atom stereocenters. The Morgan fingerprint density at radius 2 is 1.94 bits per heavy atom. The Balaban J connectivity index is 1.38. The van der Waals surface area contributed by atoms with Crippen LogP contribution in [0.5, 0.6) is 0 Å². The van der Waals surface area contributed by atoms with Gasteiger partial charge in [0.15, 0.2) is 11.3 Å². The Kier molecular flexibility index (Phi) is 4.51. The van der Waals surface area contributed by atoms with Gasteiger partial charge >= 0.3 is 0 Å². The van der Waals surface area contributed by atoms with E-state index >= 15 is 0 Å². The van der Waals surface area contributed by atoms with Crippen molar-refractivity contribution in [3.63, 3.8) is 0 Å². The summed E-state index contributed by atoms with van der Waals surface area (Å²) in [5.41, 5.74) is 4.60. The first-order valence-corrected chi connectivity index (χ1v) is 9.67. The molecule has 154 valence electrons. The van der Waals surface area contributed by atoms with E-state index in [0.29, 0.717) is 12.2 Å². The second-order valence-electron chi connectivity index (χ2n) is 7.10. The summed E-state index contributed by atoms with van der Waals surface area (Å²) in [5.74, 6) is -0.189. The molecule has 4 heterocycles. The molecule has 5 rings (SSSR count). The predicted octanol–water partition coefficient (Wildman–Crippen LogP) is 2.33. The minimum absolute atomic E-state index is 0.217. The highest BCUT2D eigenvalue weighted by Gasteiger charge is 2.17. The van der Waals surface area contributed by atoms with Crippen molar-refractivity contribution in [3.05, 3.63) is 78.1 Å². The number of carbonyl (C=O) groups is 1. The average molecular weight is 413 g/mol. The quantitative estimate of drug-likeness (QED) is 0.474. The van der Waals surface area contributed by atoms with Crippen molar-refractivity contribution in [2.75, 3.05) is 5.32 Å². The van der Waals surface area contributed by atoms with E-state index < -0.39 is 5.91 Å². The molecule has 0 aliphatic carbocycles. The van der Waals surface area contributed by atoms with E-state index in [4.69, 9.17) is 0 Å². The molecule has 1 aromatic carbocycles. The second kappa shape index (κ2) is 7.48. The largest absolute Gasteiger partial charge is 0.288 e. The number of fused-ring (bicyclic) bond motifs is 1. The second-order valence-corrected chi connectivity index (χ2v) is 7.10. The molecule has 0 radical (unpaired) electrons. The summed E-state index contributed by atoms with van der Waals surface area (Å²) in [6, 6.07) is 13.4. The minimum Gasteiger partial charge on any atom is -0.288 e. The van der Waals surface area contributed by atoms with Crippen LogP contribution < -0.4 is 5.32 Å². The Morgan fingerprint density at radius 3 is 2.71 bits per heavy atom. The van der Waals surface area contributed by atoms with Gasteiger partial charge in [0.25, 0.3) is 5.91 Å². The van der Waals surface area contributed by atoms with E-state index in [9.17, 15) is 4.79 Å². The minimum atomic E-state index is -0.406. The number of anilines is 1. The molecule has 31 heavy (non-hydrogen) atoms. The maximum Gasteiger partial charge on any atom is 0.278 e. The van der Waals surface area contributed by atoms with Crippen LogP contribution >= 0.6 is 0 Å². The van der Waals surface area contributed by atoms with Crippen molar-refractivity contribution in [1.82, 2.24) is 39.1 Å². The van der Waals surface area contributed by atoms with E-state index in [-0.39, 0.29) is 11.6 Å². The highest BCUT2D eigenvalue weighted by molar-refractivity contribution is 6.02. The number of carbonyl (C=O) groups excluding carboxylic acids is 1. The summed E-state index contributed by atoms with van der Waals surface area (Å²) in [7, 11) is 1.88. The molecule has 0 spiro atoms. The fraction of sp³-hybridized carbons (Fsp3) is 0.143. The van der Waals surface area contributed by atoms with Crippen LogP contribution in [0.3, 0.4) is 0 Å². The molecule has 10 heteroatoms. The van der Waals surface area contributed by atoms with E-state index in [1.165, 1.54) is 0 Å². The zero-order valence-corrected chi connectivity index (χ0v) is 17.0. The first kappa shape index (κ1) is 18.7. The molecule has 0 aliphatic rings. The highest BCUT2D eigenvalue weighted by atomic mass is 16.2. The zero-order valence-electron chi connectivity index (χ0n) is 17.0. The summed E-state index contributed by atoms with van der Waals surface area (Å²) >= 11 is 0. The topological polar surface area (TPSA) is 108 Å². The molecule has 5 aromatic rings. The van der Waals surface area contributed by atoms with Gasteiger partial charge in [-0.2, -0.15) is 10.2 Å². The fourth-order valence-electron chi connectivity index (χ4n) is 3.32. The van der Waals surface area contributed by atoms with Crippen LogP contribution in [0.4, 0.5) is 5.95 Å². The lowest BCUT2D eigenvalue weighted by molar-refractivity contribution is 0.102. The highest BCUT2D eigenvalue weighted by Crippen LogP contribution is 2.23. The Labute approximate surface area is 177 Å². The monoisotopic (exact) mass is 413 g/mol. The van der Waals surface area contributed by atoms with Crippen LogP contribution in [0.25, 0.3) is 16.9 Å². The van der Waals surface area contributed by atoms with Crippen LogP contribution in [0.2, 0.25) is 0 Å². The Bertz CT molecular complexity index is 1380. The molecule has 0 atom stereocenters. The van der Waals surface area contributed by atoms with Crippen molar-refractivity contribution in [3.8, 4) is 11.3 Å². The third-order valence-corrected chi connectivity index (χ3v) is 5.05. The first-order chi connectivity index (χ1) is 15.1. The van der Waals surface area contributed by atoms with Gasteiger partial charge in [-0.1, -0.05) is 30.3 Å². The smallest absolute Gasteiger partial charge is 0.278 e. The van der Waals surface area contributed by atoms with Crippen LogP contribution in [0.15, 0.2) is 61.2 Å². The van der Waals surface area contributed by atoms with Gasteiger partial charge in [0, 0.05) is 30.6 Å². The number of rotatable bonds is 5. The van der Waals surface area contributed by atoms with Crippen molar-refractivity contribution in [2.45, 2.75) is 13.5 Å². The van der Waals surface area contributed by atoms with Crippen LogP contribution in [-0.4, -0.2) is 45.1 Å². The SMILES string of the molecule is Cc1c(-c2ccnc3cc(C(=O)Nc4ncn(Cc5ccccc5)n4)nn23)cnn1C. The summed E-state index contributed by atoms with van der Waals surface area (Å²) < 4.78 is 5.09. The number of hydrogen-bond acceptors (Lipinski definition) is 6. The van der Waals surface area contributed by atoms with E-state index in [0.717, 1.165) is 22.5 Å². The normalized spacial score (nSPS) is 11.2. The molecule has 0 aliphatic heterocycles. The van der Waals surface area contributed by atoms with Crippen LogP contribution in [0.1, 0.15) is 21.7 Å². The van der Waals surface area contributed by atoms with Gasteiger partial charge in [0.05, 0.1) is 18.4 Å². The van der Waals surface area contributed by atoms with Gasteiger partial charge in [-0.15, -0.1) is 5.10 Å². The Morgan fingerprint density at radius 1 is 1.10 bits per heavy atom. The lowest BCUT2D eigenvalue weighted by Crippen LogP contribution is -2.14. The van der Waals surface area contributed by atoms with Crippen LogP contribution in [-0.2, 0) is 13.6 Å². The van der Waals surface area contributed by atoms with E-state index in [2.05, 4.69) is 30.6 Å². The molecule has 10 nitrogen and oxygen atoms in total. The molecule has 0 saturated carbocycles. The predicted molar refractivity (Wildman–Crippen MR) is 113 cm³/mol. The number of amides is 1. The molecule has 0 saturated heterocycles. The van der Waals surface area contributed by atoms with E-state index in [1.54, 1.807) is 38.7 Å². The molecular weight excluding hydrogens is 394 g/mol. The number of aromatic nitrogens is 8. The first-order valence-electron chi connectivity index (χ1n) is 9.67. The van der Waals surface area contributed by atoms with Crippen molar-refractivity contribution < 1.29 is 4.79 Å². The standard InChI is InChI=1S/C21H19N9O/c1-14-16(11-24-28(14)2)18-8-9-22-19-10-17(26-30(18)19)20(31)25-21-23-13-29(27-21)12-15-6-4-3-5-7-15/h3-11,13H,12H2,1-2H3,(H,25,27,31). The third kappa shape index (κ3) is 3.54. The van der Waals surface area contributed by atoms with E-state index in [1.807, 2.05) is 50.4 Å². The number of benzene rings is 1. The van der Waals surface area contributed by atoms with Crippen molar-refractivity contribution in [1.29, 1.82) is 0 Å². The van der Waals surface area contributed by atoms with Gasteiger partial charge in [0.1, 0.15) is 6.33 Å². The fourth-order valence-corrected chi connectivity index (χ4v) is 3.32. The summed E-state index contributed by atoms with van der Waals surface area (Å²) in [4.78, 5) is 21.2. The maximum atomic E-state index is 12.7. The molecule has 1 amide bonds. The van der Waals surface area contributed by atoms with Gasteiger partial charge < -0.3 is 0 Å². The van der Waals surface area contributed by atoms with Crippen molar-refractivity contribution >= 4 is 17.5 Å². The maximum absolute atomic E-state index is 12.7. The Hall–Kier alpha value is -4.34. The number of aryl methyl sites for hydroxylation is 1. The summed E-state index contributed by atoms with van der Waals surface area (Å²) in [5, 5.41) is 15.8. The number of nitrogens with one attached hydrogen (secondary N) is 1. The average Bonchev–Trinajstić information content (AvgIpc) is 3.48. The van der Waals surface area contributed by atoms with Gasteiger partial charge in [-0.3, -0.25) is 14.8 Å². The van der Waals surface area contributed by atoms with Gasteiger partial charge in [-0.25, -0.2) is 19.2 Å². The number of hydrogen-bond donors (Lipinski definition) is 1. The lowest BCUT2D eigenvalue weighted by atomic mass is 10.2. The molecular formula is C21H19N9O. The third-order valence-electron chi connectivity index (χ3n) is 5.05. The molecule has 1 N–H and O–H groups in total. The van der Waals surface area contributed by atoms with Gasteiger partial charge in [0.2, 0.25) is 5.95 Å². The lowest BCUT2D eigenvalue weighted by Gasteiger charge is -2.03. The zero-order chi connectivity index (χ0) is 21.4. The summed E-state index contributed by atoms with van der Waals surface area (Å²) in [6.45, 7) is 2.54.